The summed E-state index contributed by atoms with van der Waals surface area (Å²) >= 11 is 0. The normalized spacial score (nSPS) is 16.8. The van der Waals surface area contributed by atoms with Crippen molar-refractivity contribution in [2.75, 3.05) is 22.4 Å². The highest BCUT2D eigenvalue weighted by molar-refractivity contribution is 7.77. The van der Waals surface area contributed by atoms with Crippen LogP contribution in [0, 0.1) is 0 Å². The van der Waals surface area contributed by atoms with Gasteiger partial charge < -0.3 is 19.3 Å². The first-order valence-electron chi connectivity index (χ1n) is 8.76. The number of hydrogen-bond donors (Lipinski definition) is 2. The summed E-state index contributed by atoms with van der Waals surface area (Å²) in [7, 11) is -3.02. The summed E-state index contributed by atoms with van der Waals surface area (Å²) in [6.07, 6.45) is 2.39. The summed E-state index contributed by atoms with van der Waals surface area (Å²) in [5.41, 5.74) is 1.82. The Balaban J connectivity index is 2.12. The number of allylic oxidation sites excluding steroid dienone is 1. The van der Waals surface area contributed by atoms with Crippen molar-refractivity contribution in [3.05, 3.63) is 72.1 Å². The van der Waals surface area contributed by atoms with Gasteiger partial charge in [-0.1, -0.05) is 49.4 Å². The minimum absolute atomic E-state index is 0.162. The fourth-order valence-electron chi connectivity index (χ4n) is 3.38. The van der Waals surface area contributed by atoms with Crippen LogP contribution in [0.15, 0.2) is 72.1 Å². The third-order valence-electron chi connectivity index (χ3n) is 4.46. The minimum Gasteiger partial charge on any atom is -0.481 e. The van der Waals surface area contributed by atoms with E-state index in [1.807, 2.05) is 83.0 Å². The highest BCUT2D eigenvalue weighted by Gasteiger charge is 2.48. The standard InChI is InChI=1S/C20H24N2O3P/c1-2-9-19(16-20(23)24)26(25)21(17-10-5-3-6-11-17)14-15-22(26)18-12-7-4-8-13-18/h3-13,25H,2,14-16H2,1H3,(H,23,24)/b19-9+. The third kappa shape index (κ3) is 3.46. The molecule has 0 bridgehead atoms. The largest absolute Gasteiger partial charge is 0.481 e. The van der Waals surface area contributed by atoms with Gasteiger partial charge in [0.05, 0.1) is 6.42 Å². The zero-order chi connectivity index (χ0) is 18.6. The van der Waals surface area contributed by atoms with Crippen LogP contribution in [0.1, 0.15) is 19.8 Å². The quantitative estimate of drug-likeness (QED) is 0.730. The van der Waals surface area contributed by atoms with E-state index in [9.17, 15) is 14.8 Å². The fourth-order valence-corrected chi connectivity index (χ4v) is 6.68. The van der Waals surface area contributed by atoms with E-state index in [4.69, 9.17) is 0 Å². The Labute approximate surface area is 154 Å². The van der Waals surface area contributed by atoms with Crippen molar-refractivity contribution in [3.8, 4) is 0 Å². The molecule has 1 fully saturated rings. The van der Waals surface area contributed by atoms with Gasteiger partial charge in [0.15, 0.2) is 7.79 Å². The average Bonchev–Trinajstić information content (AvgIpc) is 3.01. The third-order valence-corrected chi connectivity index (χ3v) is 7.78. The molecule has 0 aromatic heterocycles. The number of carboxylic acids is 1. The zero-order valence-corrected chi connectivity index (χ0v) is 15.7. The van der Waals surface area contributed by atoms with E-state index in [1.54, 1.807) is 0 Å². The maximum Gasteiger partial charge on any atom is 0.308 e. The van der Waals surface area contributed by atoms with Gasteiger partial charge in [-0.15, -0.1) is 0 Å². The Morgan fingerprint density at radius 2 is 1.46 bits per heavy atom. The SMILES string of the molecule is CC/C=C(\CC(=O)O)[P]1(O)N(c2ccccc2)CCN1c1ccccc1. The van der Waals surface area contributed by atoms with Gasteiger partial charge in [0, 0.05) is 29.8 Å². The lowest BCUT2D eigenvalue weighted by Crippen LogP contribution is -2.26. The molecule has 0 unspecified atom stereocenters. The van der Waals surface area contributed by atoms with E-state index >= 15 is 0 Å². The average molecular weight is 371 g/mol. The number of benzene rings is 2. The van der Waals surface area contributed by atoms with E-state index in [1.165, 1.54) is 0 Å². The van der Waals surface area contributed by atoms with E-state index < -0.39 is 13.8 Å². The molecule has 2 aromatic rings. The van der Waals surface area contributed by atoms with Crippen LogP contribution in [0.3, 0.4) is 0 Å². The van der Waals surface area contributed by atoms with Gasteiger partial charge in [-0.3, -0.25) is 4.79 Å². The molecule has 2 aromatic carbocycles. The molecule has 1 radical (unpaired) electrons. The van der Waals surface area contributed by atoms with Gasteiger partial charge in [0.1, 0.15) is 0 Å². The highest BCUT2D eigenvalue weighted by atomic mass is 31.2. The number of para-hydroxylation sites is 2. The summed E-state index contributed by atoms with van der Waals surface area (Å²) in [6, 6.07) is 19.5. The van der Waals surface area contributed by atoms with Crippen molar-refractivity contribution in [2.24, 2.45) is 0 Å². The predicted octanol–water partition coefficient (Wildman–Crippen LogP) is 4.54. The van der Waals surface area contributed by atoms with Gasteiger partial charge in [0.2, 0.25) is 0 Å². The second-order valence-electron chi connectivity index (χ2n) is 6.16. The molecule has 0 amide bonds. The number of rotatable bonds is 6. The van der Waals surface area contributed by atoms with Gasteiger partial charge in [-0.05, 0) is 30.7 Å². The van der Waals surface area contributed by atoms with Crippen molar-refractivity contribution in [3.63, 3.8) is 0 Å². The summed E-state index contributed by atoms with van der Waals surface area (Å²) in [4.78, 5) is 23.5. The molecule has 1 heterocycles. The second kappa shape index (κ2) is 7.90. The summed E-state index contributed by atoms with van der Waals surface area (Å²) in [5.74, 6) is -0.925. The lowest BCUT2D eigenvalue weighted by atomic mass is 10.3. The van der Waals surface area contributed by atoms with Gasteiger partial charge in [0.25, 0.3) is 0 Å². The Bertz CT molecular complexity index is 733. The number of aliphatic carboxylic acids is 1. The Morgan fingerprint density at radius 1 is 1.00 bits per heavy atom. The van der Waals surface area contributed by atoms with Crippen LogP contribution in [0.25, 0.3) is 0 Å². The van der Waals surface area contributed by atoms with Crippen molar-refractivity contribution < 1.29 is 14.8 Å². The zero-order valence-electron chi connectivity index (χ0n) is 14.8. The first kappa shape index (κ1) is 18.4. The molecule has 1 aliphatic rings. The number of anilines is 2. The van der Waals surface area contributed by atoms with Crippen LogP contribution in [0.2, 0.25) is 0 Å². The molecule has 6 heteroatoms. The molecule has 5 nitrogen and oxygen atoms in total. The number of nitrogens with zero attached hydrogens (tertiary/aromatic N) is 2. The molecule has 0 atom stereocenters. The van der Waals surface area contributed by atoms with E-state index in [0.29, 0.717) is 24.8 Å². The van der Waals surface area contributed by atoms with Crippen molar-refractivity contribution in [1.29, 1.82) is 0 Å². The molecule has 0 aliphatic carbocycles. The Kier molecular flexibility index (Phi) is 5.60. The van der Waals surface area contributed by atoms with Crippen LogP contribution in [-0.4, -0.2) is 29.1 Å². The van der Waals surface area contributed by atoms with Crippen LogP contribution in [-0.2, 0) is 4.79 Å². The topological polar surface area (TPSA) is 64.0 Å². The molecule has 0 spiro atoms. The van der Waals surface area contributed by atoms with Crippen molar-refractivity contribution in [1.82, 2.24) is 0 Å². The van der Waals surface area contributed by atoms with Crippen molar-refractivity contribution in [2.45, 2.75) is 19.8 Å². The van der Waals surface area contributed by atoms with E-state index in [0.717, 1.165) is 11.4 Å². The number of carboxylic acid groups (broad SMARTS) is 1. The highest BCUT2D eigenvalue weighted by Crippen LogP contribution is 2.72. The number of carbonyl (C=O) groups is 1. The van der Waals surface area contributed by atoms with Gasteiger partial charge in [-0.25, -0.2) is 0 Å². The summed E-state index contributed by atoms with van der Waals surface area (Å²) < 4.78 is 3.98. The van der Waals surface area contributed by atoms with Crippen LogP contribution in [0.4, 0.5) is 11.4 Å². The molecular weight excluding hydrogens is 347 g/mol. The molecular formula is C20H24N2O3P. The number of hydrogen-bond acceptors (Lipinski definition) is 4. The molecule has 1 saturated heterocycles. The van der Waals surface area contributed by atoms with Crippen molar-refractivity contribution >= 4 is 25.1 Å². The second-order valence-corrected chi connectivity index (χ2v) is 8.84. The van der Waals surface area contributed by atoms with E-state index in [-0.39, 0.29) is 6.42 Å². The lowest BCUT2D eigenvalue weighted by molar-refractivity contribution is -0.136. The first-order chi connectivity index (χ1) is 12.6. The van der Waals surface area contributed by atoms with Crippen LogP contribution >= 0.6 is 7.79 Å². The monoisotopic (exact) mass is 371 g/mol. The van der Waals surface area contributed by atoms with E-state index in [2.05, 4.69) is 0 Å². The summed E-state index contributed by atoms with van der Waals surface area (Å²) in [6.45, 7) is 3.25. The Hall–Kier alpha value is -2.36. The van der Waals surface area contributed by atoms with Crippen LogP contribution < -0.4 is 9.34 Å². The molecule has 137 valence electrons. The molecule has 2 N–H and O–H groups in total. The predicted molar refractivity (Wildman–Crippen MR) is 107 cm³/mol. The summed E-state index contributed by atoms with van der Waals surface area (Å²) in [5, 5.41) is 10.0. The molecule has 3 rings (SSSR count). The first-order valence-corrected chi connectivity index (χ1v) is 10.4. The maximum atomic E-state index is 12.0. The van der Waals surface area contributed by atoms with Gasteiger partial charge in [-0.2, -0.15) is 0 Å². The lowest BCUT2D eigenvalue weighted by Gasteiger charge is -2.43. The van der Waals surface area contributed by atoms with Crippen LogP contribution in [0.5, 0.6) is 0 Å². The van der Waals surface area contributed by atoms with Gasteiger partial charge >= 0.3 is 5.97 Å². The minimum atomic E-state index is -3.02. The molecule has 0 saturated carbocycles. The molecule has 1 aliphatic heterocycles. The fraction of sp³-hybridized carbons (Fsp3) is 0.250. The molecule has 26 heavy (non-hydrogen) atoms. The Morgan fingerprint density at radius 3 is 1.85 bits per heavy atom. The maximum absolute atomic E-state index is 12.0. The smallest absolute Gasteiger partial charge is 0.308 e.